The van der Waals surface area contributed by atoms with Crippen molar-refractivity contribution >= 4 is 15.9 Å². The molecule has 2 aromatic rings. The summed E-state index contributed by atoms with van der Waals surface area (Å²) in [6, 6.07) is 12.7. The maximum absolute atomic E-state index is 12.4. The molecule has 1 heterocycles. The molecule has 0 saturated heterocycles. The van der Waals surface area contributed by atoms with Crippen molar-refractivity contribution < 1.29 is 17.6 Å². The Bertz CT molecular complexity index is 810. The SMILES string of the molecule is CNS(=O)(=O)c1ccc(C(=O)N[C@H](Cc2ccccc2)C2CC2)o1. The first-order valence-corrected chi connectivity index (χ1v) is 9.36. The molecule has 1 aliphatic rings. The van der Waals surface area contributed by atoms with Gasteiger partial charge in [-0.2, -0.15) is 0 Å². The molecular weight excluding hydrogens is 328 g/mol. The summed E-state index contributed by atoms with van der Waals surface area (Å²) in [5, 5.41) is 2.72. The maximum atomic E-state index is 12.4. The van der Waals surface area contributed by atoms with E-state index < -0.39 is 10.0 Å². The first kappa shape index (κ1) is 16.7. The predicted molar refractivity (Wildman–Crippen MR) is 89.1 cm³/mol. The van der Waals surface area contributed by atoms with Crippen LogP contribution >= 0.6 is 0 Å². The van der Waals surface area contributed by atoms with Gasteiger partial charge in [-0.15, -0.1) is 0 Å². The molecule has 24 heavy (non-hydrogen) atoms. The average molecular weight is 348 g/mol. The van der Waals surface area contributed by atoms with Crippen LogP contribution in [0.15, 0.2) is 52.0 Å². The third-order valence-corrected chi connectivity index (χ3v) is 5.43. The topological polar surface area (TPSA) is 88.4 Å². The number of hydrogen-bond acceptors (Lipinski definition) is 4. The van der Waals surface area contributed by atoms with Gasteiger partial charge in [0.25, 0.3) is 15.9 Å². The van der Waals surface area contributed by atoms with Gasteiger partial charge in [0.1, 0.15) is 0 Å². The lowest BCUT2D eigenvalue weighted by Crippen LogP contribution is -2.38. The molecule has 0 bridgehead atoms. The first-order chi connectivity index (χ1) is 11.5. The van der Waals surface area contributed by atoms with Crippen molar-refractivity contribution in [3.8, 4) is 0 Å². The van der Waals surface area contributed by atoms with E-state index in [0.29, 0.717) is 5.92 Å². The Kier molecular flexibility index (Phi) is 4.73. The van der Waals surface area contributed by atoms with E-state index in [1.165, 1.54) is 19.2 Å². The third-order valence-electron chi connectivity index (χ3n) is 4.14. The van der Waals surface area contributed by atoms with E-state index in [-0.39, 0.29) is 22.8 Å². The van der Waals surface area contributed by atoms with Crippen molar-refractivity contribution in [2.24, 2.45) is 5.92 Å². The zero-order chi connectivity index (χ0) is 17.2. The average Bonchev–Trinajstić information content (AvgIpc) is 3.30. The second-order valence-electron chi connectivity index (χ2n) is 5.93. The van der Waals surface area contributed by atoms with Gasteiger partial charge < -0.3 is 9.73 Å². The smallest absolute Gasteiger partial charge is 0.287 e. The van der Waals surface area contributed by atoms with Crippen LogP contribution < -0.4 is 10.0 Å². The number of hydrogen-bond donors (Lipinski definition) is 2. The Balaban J connectivity index is 1.70. The number of furan rings is 1. The molecule has 1 atom stereocenters. The number of carbonyl (C=O) groups excluding carboxylic acids is 1. The molecule has 1 aliphatic carbocycles. The van der Waals surface area contributed by atoms with E-state index in [0.717, 1.165) is 24.8 Å². The molecule has 0 unspecified atom stereocenters. The third kappa shape index (κ3) is 3.85. The fourth-order valence-corrected chi connectivity index (χ4v) is 3.28. The number of sulfonamides is 1. The Morgan fingerprint density at radius 1 is 1.21 bits per heavy atom. The highest BCUT2D eigenvalue weighted by Crippen LogP contribution is 2.34. The number of nitrogens with one attached hydrogen (secondary N) is 2. The quantitative estimate of drug-likeness (QED) is 0.800. The Hall–Kier alpha value is -2.12. The van der Waals surface area contributed by atoms with Gasteiger partial charge in [-0.3, -0.25) is 4.79 Å². The van der Waals surface area contributed by atoms with Crippen molar-refractivity contribution in [1.29, 1.82) is 0 Å². The Morgan fingerprint density at radius 3 is 2.54 bits per heavy atom. The molecule has 0 spiro atoms. The summed E-state index contributed by atoms with van der Waals surface area (Å²) < 4.78 is 30.7. The van der Waals surface area contributed by atoms with E-state index in [4.69, 9.17) is 4.42 Å². The summed E-state index contributed by atoms with van der Waals surface area (Å²) in [6.45, 7) is 0. The van der Waals surface area contributed by atoms with Gasteiger partial charge in [-0.25, -0.2) is 13.1 Å². The molecule has 0 radical (unpaired) electrons. The van der Waals surface area contributed by atoms with Crippen molar-refractivity contribution in [3.05, 3.63) is 53.8 Å². The molecule has 0 aliphatic heterocycles. The molecule has 7 heteroatoms. The van der Waals surface area contributed by atoms with Gasteiger partial charge >= 0.3 is 0 Å². The largest absolute Gasteiger partial charge is 0.438 e. The zero-order valence-corrected chi connectivity index (χ0v) is 14.2. The second kappa shape index (κ2) is 6.78. The summed E-state index contributed by atoms with van der Waals surface area (Å²) in [4.78, 5) is 12.4. The lowest BCUT2D eigenvalue weighted by Gasteiger charge is -2.17. The van der Waals surface area contributed by atoms with Crippen LogP contribution in [0.1, 0.15) is 29.0 Å². The minimum atomic E-state index is -3.69. The molecule has 128 valence electrons. The van der Waals surface area contributed by atoms with Crippen LogP contribution in [0, 0.1) is 5.92 Å². The Labute approximate surface area is 141 Å². The fourth-order valence-electron chi connectivity index (χ4n) is 2.63. The molecule has 1 aromatic heterocycles. The number of rotatable bonds is 7. The molecule has 3 rings (SSSR count). The minimum absolute atomic E-state index is 0.00235. The van der Waals surface area contributed by atoms with Crippen molar-refractivity contribution in [2.45, 2.75) is 30.4 Å². The molecule has 2 N–H and O–H groups in total. The van der Waals surface area contributed by atoms with Gasteiger partial charge in [0.05, 0.1) is 0 Å². The normalized spacial score (nSPS) is 15.9. The molecule has 1 aromatic carbocycles. The lowest BCUT2D eigenvalue weighted by molar-refractivity contribution is 0.0898. The summed E-state index contributed by atoms with van der Waals surface area (Å²) in [5.41, 5.74) is 1.16. The second-order valence-corrected chi connectivity index (χ2v) is 7.75. The van der Waals surface area contributed by atoms with E-state index >= 15 is 0 Å². The molecule has 1 amide bonds. The van der Waals surface area contributed by atoms with Crippen LogP contribution in [0.4, 0.5) is 0 Å². The van der Waals surface area contributed by atoms with Crippen LogP contribution in [0.25, 0.3) is 0 Å². The highest BCUT2D eigenvalue weighted by atomic mass is 32.2. The highest BCUT2D eigenvalue weighted by molar-refractivity contribution is 7.89. The number of amides is 1. The highest BCUT2D eigenvalue weighted by Gasteiger charge is 2.33. The van der Waals surface area contributed by atoms with Crippen LogP contribution in [0.3, 0.4) is 0 Å². The van der Waals surface area contributed by atoms with E-state index in [1.54, 1.807) is 0 Å². The van der Waals surface area contributed by atoms with Gasteiger partial charge in [0.2, 0.25) is 5.09 Å². The van der Waals surface area contributed by atoms with Crippen molar-refractivity contribution in [1.82, 2.24) is 10.0 Å². The first-order valence-electron chi connectivity index (χ1n) is 7.88. The van der Waals surface area contributed by atoms with Gasteiger partial charge in [0.15, 0.2) is 5.76 Å². The van der Waals surface area contributed by atoms with Gasteiger partial charge in [-0.05, 0) is 49.9 Å². The zero-order valence-electron chi connectivity index (χ0n) is 13.4. The Morgan fingerprint density at radius 2 is 1.92 bits per heavy atom. The van der Waals surface area contributed by atoms with Crippen molar-refractivity contribution in [3.63, 3.8) is 0 Å². The predicted octanol–water partition coefficient (Wildman–Crippen LogP) is 1.94. The molecule has 1 fully saturated rings. The fraction of sp³-hybridized carbons (Fsp3) is 0.353. The number of benzene rings is 1. The van der Waals surface area contributed by atoms with Crippen LogP contribution in [0.5, 0.6) is 0 Å². The molecular formula is C17H20N2O4S. The van der Waals surface area contributed by atoms with Crippen LogP contribution in [0.2, 0.25) is 0 Å². The van der Waals surface area contributed by atoms with E-state index in [1.807, 2.05) is 30.3 Å². The monoisotopic (exact) mass is 348 g/mol. The molecule has 1 saturated carbocycles. The minimum Gasteiger partial charge on any atom is -0.438 e. The summed E-state index contributed by atoms with van der Waals surface area (Å²) in [6.07, 6.45) is 2.93. The van der Waals surface area contributed by atoms with Gasteiger partial charge in [-0.1, -0.05) is 30.3 Å². The lowest BCUT2D eigenvalue weighted by atomic mass is 10.0. The van der Waals surface area contributed by atoms with Crippen LogP contribution in [-0.2, 0) is 16.4 Å². The summed E-state index contributed by atoms with van der Waals surface area (Å²) in [5.74, 6) is 0.0764. The summed E-state index contributed by atoms with van der Waals surface area (Å²) >= 11 is 0. The maximum Gasteiger partial charge on any atom is 0.287 e. The van der Waals surface area contributed by atoms with E-state index in [9.17, 15) is 13.2 Å². The summed E-state index contributed by atoms with van der Waals surface area (Å²) in [7, 11) is -2.40. The van der Waals surface area contributed by atoms with E-state index in [2.05, 4.69) is 10.0 Å². The molecule has 6 nitrogen and oxygen atoms in total. The standard InChI is InChI=1S/C17H20N2O4S/c1-18-24(21,22)16-10-9-15(23-16)17(20)19-14(13-7-8-13)11-12-5-3-2-4-6-12/h2-6,9-10,13-14,18H,7-8,11H2,1H3,(H,19,20)/t14-/m1/s1. The van der Waals surface area contributed by atoms with Crippen LogP contribution in [-0.4, -0.2) is 27.4 Å². The van der Waals surface area contributed by atoms with Gasteiger partial charge in [0, 0.05) is 6.04 Å². The number of carbonyl (C=O) groups is 1. The van der Waals surface area contributed by atoms with Crippen molar-refractivity contribution in [2.75, 3.05) is 7.05 Å².